The van der Waals surface area contributed by atoms with Gasteiger partial charge < -0.3 is 10.2 Å². The molecular formula is C21H27ClN2O. The fourth-order valence-electron chi connectivity index (χ4n) is 2.82. The van der Waals surface area contributed by atoms with E-state index in [1.54, 1.807) is 0 Å². The van der Waals surface area contributed by atoms with E-state index in [2.05, 4.69) is 41.7 Å². The summed E-state index contributed by atoms with van der Waals surface area (Å²) in [7, 11) is 0. The molecule has 2 aromatic rings. The Labute approximate surface area is 156 Å². The lowest BCUT2D eigenvalue weighted by Crippen LogP contribution is -2.39. The summed E-state index contributed by atoms with van der Waals surface area (Å²) in [4.78, 5) is 14.6. The van der Waals surface area contributed by atoms with Gasteiger partial charge in [-0.2, -0.15) is 0 Å². The zero-order valence-corrected chi connectivity index (χ0v) is 15.4. The zero-order valence-electron chi connectivity index (χ0n) is 14.6. The van der Waals surface area contributed by atoms with E-state index in [1.165, 1.54) is 24.0 Å². The van der Waals surface area contributed by atoms with Gasteiger partial charge in [0.2, 0.25) is 5.91 Å². The van der Waals surface area contributed by atoms with Gasteiger partial charge in [0, 0.05) is 13.1 Å². The number of benzene rings is 2. The molecule has 0 aliphatic heterocycles. The number of carbonyl (C=O) groups excluding carboxylic acids is 1. The van der Waals surface area contributed by atoms with Crippen LogP contribution in [0.2, 0.25) is 0 Å². The molecule has 3 rings (SSSR count). The minimum absolute atomic E-state index is 0. The zero-order chi connectivity index (χ0) is 16.6. The molecule has 1 aliphatic rings. The third kappa shape index (κ3) is 6.89. The topological polar surface area (TPSA) is 32.3 Å². The van der Waals surface area contributed by atoms with Crippen LogP contribution in [0.25, 0.3) is 0 Å². The standard InChI is InChI=1S/C21H26N2O.ClH/c24-21(16-22-15-19-11-12-19)23(17-20-9-5-2-6-10-20)14-13-18-7-3-1-4-8-18;/h1-10,19,22H,11-17H2;1H. The molecule has 134 valence electrons. The van der Waals surface area contributed by atoms with Gasteiger partial charge >= 0.3 is 0 Å². The van der Waals surface area contributed by atoms with Crippen molar-refractivity contribution in [1.29, 1.82) is 0 Å². The van der Waals surface area contributed by atoms with Gasteiger partial charge in [0.05, 0.1) is 6.54 Å². The molecule has 1 N–H and O–H groups in total. The van der Waals surface area contributed by atoms with Crippen LogP contribution in [-0.2, 0) is 17.8 Å². The van der Waals surface area contributed by atoms with Crippen molar-refractivity contribution in [2.75, 3.05) is 19.6 Å². The summed E-state index contributed by atoms with van der Waals surface area (Å²) in [6.07, 6.45) is 3.51. The maximum atomic E-state index is 12.6. The molecule has 0 spiro atoms. The first-order valence-electron chi connectivity index (χ1n) is 8.87. The Bertz CT molecular complexity index is 629. The monoisotopic (exact) mass is 358 g/mol. The van der Waals surface area contributed by atoms with Gasteiger partial charge in [-0.25, -0.2) is 0 Å². The molecule has 1 fully saturated rings. The Balaban J connectivity index is 0.00000225. The minimum atomic E-state index is 0. The molecule has 3 nitrogen and oxygen atoms in total. The van der Waals surface area contributed by atoms with Crippen molar-refractivity contribution >= 4 is 18.3 Å². The number of rotatable bonds is 9. The molecule has 4 heteroatoms. The number of carbonyl (C=O) groups is 1. The molecule has 0 saturated heterocycles. The van der Waals surface area contributed by atoms with Crippen LogP contribution < -0.4 is 5.32 Å². The molecule has 25 heavy (non-hydrogen) atoms. The second kappa shape index (κ2) is 10.2. The fraction of sp³-hybridized carbons (Fsp3) is 0.381. The average molecular weight is 359 g/mol. The summed E-state index contributed by atoms with van der Waals surface area (Å²) in [6, 6.07) is 20.6. The molecule has 0 atom stereocenters. The number of hydrogen-bond donors (Lipinski definition) is 1. The van der Waals surface area contributed by atoms with Crippen LogP contribution in [0.15, 0.2) is 60.7 Å². The maximum absolute atomic E-state index is 12.6. The van der Waals surface area contributed by atoms with Crippen LogP contribution in [-0.4, -0.2) is 30.4 Å². The SMILES string of the molecule is Cl.O=C(CNCC1CC1)N(CCc1ccccc1)Cc1ccccc1. The highest BCUT2D eigenvalue weighted by molar-refractivity contribution is 5.85. The first-order valence-corrected chi connectivity index (χ1v) is 8.87. The summed E-state index contributed by atoms with van der Waals surface area (Å²) in [5, 5.41) is 3.32. The lowest BCUT2D eigenvalue weighted by atomic mass is 10.1. The molecule has 1 aliphatic carbocycles. The first kappa shape index (κ1) is 19.5. The second-order valence-corrected chi connectivity index (χ2v) is 6.61. The van der Waals surface area contributed by atoms with E-state index in [4.69, 9.17) is 0 Å². The Morgan fingerprint density at radius 1 is 0.960 bits per heavy atom. The van der Waals surface area contributed by atoms with Crippen LogP contribution in [0.1, 0.15) is 24.0 Å². The van der Waals surface area contributed by atoms with Crippen molar-refractivity contribution in [1.82, 2.24) is 10.2 Å². The Kier molecular flexibility index (Phi) is 7.96. The summed E-state index contributed by atoms with van der Waals surface area (Å²) < 4.78 is 0. The second-order valence-electron chi connectivity index (χ2n) is 6.61. The van der Waals surface area contributed by atoms with Crippen molar-refractivity contribution in [3.63, 3.8) is 0 Å². The lowest BCUT2D eigenvalue weighted by molar-refractivity contribution is -0.130. The molecule has 1 amide bonds. The molecule has 1 saturated carbocycles. The maximum Gasteiger partial charge on any atom is 0.236 e. The van der Waals surface area contributed by atoms with Crippen molar-refractivity contribution in [3.8, 4) is 0 Å². The first-order chi connectivity index (χ1) is 11.8. The van der Waals surface area contributed by atoms with E-state index in [-0.39, 0.29) is 18.3 Å². The molecule has 0 aromatic heterocycles. The Morgan fingerprint density at radius 3 is 2.16 bits per heavy atom. The van der Waals surface area contributed by atoms with Gasteiger partial charge in [-0.3, -0.25) is 4.79 Å². The van der Waals surface area contributed by atoms with Crippen LogP contribution in [0.4, 0.5) is 0 Å². The molecule has 0 heterocycles. The van der Waals surface area contributed by atoms with Gasteiger partial charge in [-0.1, -0.05) is 60.7 Å². The molecule has 0 unspecified atom stereocenters. The Hall–Kier alpha value is -1.84. The summed E-state index contributed by atoms with van der Waals surface area (Å²) in [6.45, 7) is 2.85. The van der Waals surface area contributed by atoms with E-state index in [1.807, 2.05) is 29.2 Å². The highest BCUT2D eigenvalue weighted by Crippen LogP contribution is 2.27. The highest BCUT2D eigenvalue weighted by Gasteiger charge is 2.21. The van der Waals surface area contributed by atoms with Gasteiger partial charge in [-0.15, -0.1) is 12.4 Å². The number of halogens is 1. The van der Waals surface area contributed by atoms with Gasteiger partial charge in [0.25, 0.3) is 0 Å². The van der Waals surface area contributed by atoms with Crippen molar-refractivity contribution < 1.29 is 4.79 Å². The predicted molar refractivity (Wildman–Crippen MR) is 105 cm³/mol. The highest BCUT2D eigenvalue weighted by atomic mass is 35.5. The molecule has 2 aromatic carbocycles. The molecular weight excluding hydrogens is 332 g/mol. The normalized spacial score (nSPS) is 13.1. The largest absolute Gasteiger partial charge is 0.337 e. The Morgan fingerprint density at radius 2 is 1.56 bits per heavy atom. The van der Waals surface area contributed by atoms with Gasteiger partial charge in [-0.05, 0) is 42.9 Å². The van der Waals surface area contributed by atoms with E-state index in [0.717, 1.165) is 25.4 Å². The van der Waals surface area contributed by atoms with Crippen molar-refractivity contribution in [2.24, 2.45) is 5.92 Å². The van der Waals surface area contributed by atoms with Gasteiger partial charge in [0.15, 0.2) is 0 Å². The van der Waals surface area contributed by atoms with E-state index in [0.29, 0.717) is 13.1 Å². The molecule has 0 bridgehead atoms. The predicted octanol–water partition coefficient (Wildman–Crippen LogP) is 3.68. The van der Waals surface area contributed by atoms with Crippen LogP contribution in [0, 0.1) is 5.92 Å². The van der Waals surface area contributed by atoms with Crippen LogP contribution >= 0.6 is 12.4 Å². The lowest BCUT2D eigenvalue weighted by Gasteiger charge is -2.23. The number of hydrogen-bond acceptors (Lipinski definition) is 2. The average Bonchev–Trinajstić information content (AvgIpc) is 3.44. The third-order valence-corrected chi connectivity index (χ3v) is 4.49. The third-order valence-electron chi connectivity index (χ3n) is 4.49. The summed E-state index contributed by atoms with van der Waals surface area (Å²) in [5.74, 6) is 0.986. The van der Waals surface area contributed by atoms with Crippen molar-refractivity contribution in [2.45, 2.75) is 25.8 Å². The van der Waals surface area contributed by atoms with E-state index >= 15 is 0 Å². The van der Waals surface area contributed by atoms with Crippen LogP contribution in [0.3, 0.4) is 0 Å². The van der Waals surface area contributed by atoms with Crippen LogP contribution in [0.5, 0.6) is 0 Å². The van der Waals surface area contributed by atoms with Crippen molar-refractivity contribution in [3.05, 3.63) is 71.8 Å². The smallest absolute Gasteiger partial charge is 0.236 e. The number of amides is 1. The minimum Gasteiger partial charge on any atom is -0.337 e. The molecule has 0 radical (unpaired) electrons. The van der Waals surface area contributed by atoms with E-state index < -0.39 is 0 Å². The summed E-state index contributed by atoms with van der Waals surface area (Å²) in [5.41, 5.74) is 2.45. The van der Waals surface area contributed by atoms with Gasteiger partial charge in [0.1, 0.15) is 0 Å². The number of nitrogens with one attached hydrogen (secondary N) is 1. The summed E-state index contributed by atoms with van der Waals surface area (Å²) >= 11 is 0. The van der Waals surface area contributed by atoms with E-state index in [9.17, 15) is 4.79 Å². The fourth-order valence-corrected chi connectivity index (χ4v) is 2.82. The quantitative estimate of drug-likeness (QED) is 0.741. The number of nitrogens with zero attached hydrogens (tertiary/aromatic N) is 1.